The molecule has 254 valence electrons. The number of nitrogens with zero attached hydrogens (tertiary/aromatic N) is 4. The summed E-state index contributed by atoms with van der Waals surface area (Å²) < 4.78 is 0. The van der Waals surface area contributed by atoms with Crippen LogP contribution in [-0.2, 0) is 9.59 Å². The maximum absolute atomic E-state index is 13.1. The summed E-state index contributed by atoms with van der Waals surface area (Å²) in [4.78, 5) is 46.4. The molecule has 8 nitrogen and oxygen atoms in total. The Morgan fingerprint density at radius 1 is 0.646 bits per heavy atom. The first-order valence-corrected chi connectivity index (χ1v) is 18.0. The van der Waals surface area contributed by atoms with Crippen LogP contribution in [0.25, 0.3) is 33.6 Å². The Morgan fingerprint density at radius 2 is 0.979 bits per heavy atom. The molecular weight excluding hydrogens is 643 g/mol. The minimum atomic E-state index is -0.0950. The van der Waals surface area contributed by atoms with Crippen molar-refractivity contribution in [1.29, 1.82) is 0 Å². The van der Waals surface area contributed by atoms with Crippen molar-refractivity contribution in [1.82, 2.24) is 29.7 Å². The van der Waals surface area contributed by atoms with Gasteiger partial charge in [-0.05, 0) is 62.5 Å². The second-order valence-electron chi connectivity index (χ2n) is 14.4. The lowest BCUT2D eigenvalue weighted by molar-refractivity contribution is -0.135. The molecule has 6 rings (SSSR count). The lowest BCUT2D eigenvalue weighted by Gasteiger charge is -2.28. The number of likely N-dealkylation sites (tertiary alicyclic amines) is 2. The van der Waals surface area contributed by atoms with Gasteiger partial charge in [0.15, 0.2) is 0 Å². The Morgan fingerprint density at radius 3 is 1.31 bits per heavy atom. The van der Waals surface area contributed by atoms with Crippen LogP contribution in [0, 0.1) is 11.8 Å². The Hall–Kier alpha value is -3.62. The lowest BCUT2D eigenvalue weighted by atomic mass is 10.0. The Labute approximate surface area is 293 Å². The van der Waals surface area contributed by atoms with E-state index in [2.05, 4.69) is 75.8 Å². The van der Waals surface area contributed by atoms with Gasteiger partial charge in [0, 0.05) is 36.1 Å². The zero-order valence-electron chi connectivity index (χ0n) is 28.7. The van der Waals surface area contributed by atoms with Crippen LogP contribution in [-0.4, -0.2) is 53.6 Å². The fourth-order valence-corrected chi connectivity index (χ4v) is 7.83. The van der Waals surface area contributed by atoms with E-state index in [0.29, 0.717) is 46.4 Å². The quantitative estimate of drug-likeness (QED) is 0.183. The van der Waals surface area contributed by atoms with Gasteiger partial charge in [-0.15, -0.1) is 0 Å². The summed E-state index contributed by atoms with van der Waals surface area (Å²) in [6, 6.07) is 16.5. The van der Waals surface area contributed by atoms with Crippen LogP contribution >= 0.6 is 23.2 Å². The van der Waals surface area contributed by atoms with Gasteiger partial charge in [0.2, 0.25) is 11.8 Å². The van der Waals surface area contributed by atoms with Gasteiger partial charge in [-0.1, -0.05) is 99.4 Å². The zero-order valence-corrected chi connectivity index (χ0v) is 30.2. The Balaban J connectivity index is 1.17. The highest BCUT2D eigenvalue weighted by Crippen LogP contribution is 2.40. The number of hydrogen-bond acceptors (Lipinski definition) is 4. The van der Waals surface area contributed by atoms with E-state index in [1.165, 1.54) is 0 Å². The highest BCUT2D eigenvalue weighted by atomic mass is 35.5. The molecule has 4 atom stereocenters. The first kappa shape index (κ1) is 34.3. The summed E-state index contributed by atoms with van der Waals surface area (Å²) >= 11 is 13.4. The Kier molecular flexibility index (Phi) is 10.0. The summed E-state index contributed by atoms with van der Waals surface area (Å²) in [7, 11) is 0. The van der Waals surface area contributed by atoms with E-state index < -0.39 is 0 Å². The molecule has 0 bridgehead atoms. The number of aromatic nitrogens is 4. The molecule has 2 aliphatic rings. The largest absolute Gasteiger partial charge is 0.331 e. The number of rotatable bonds is 9. The molecule has 2 amide bonds. The average molecular weight is 690 g/mol. The average Bonchev–Trinajstić information content (AvgIpc) is 3.81. The molecule has 4 aromatic rings. The van der Waals surface area contributed by atoms with Crippen molar-refractivity contribution in [2.75, 3.05) is 0 Å². The van der Waals surface area contributed by atoms with Gasteiger partial charge in [-0.2, -0.15) is 0 Å². The number of carbonyl (C=O) groups is 2. The minimum Gasteiger partial charge on any atom is -0.331 e. The molecule has 0 saturated carbocycles. The highest BCUT2D eigenvalue weighted by Gasteiger charge is 2.38. The van der Waals surface area contributed by atoms with Crippen LogP contribution in [0.4, 0.5) is 0 Å². The van der Waals surface area contributed by atoms with Crippen molar-refractivity contribution in [3.63, 3.8) is 0 Å². The van der Waals surface area contributed by atoms with Crippen molar-refractivity contribution in [3.05, 3.63) is 70.5 Å². The molecule has 10 heteroatoms. The summed E-state index contributed by atoms with van der Waals surface area (Å²) in [5, 5.41) is 0.959. The monoisotopic (exact) mass is 688 g/mol. The van der Waals surface area contributed by atoms with Crippen molar-refractivity contribution < 1.29 is 9.59 Å². The number of amides is 2. The van der Waals surface area contributed by atoms with Gasteiger partial charge in [-0.25, -0.2) is 9.97 Å². The van der Waals surface area contributed by atoms with Crippen LogP contribution in [0.3, 0.4) is 0 Å². The first-order valence-electron chi connectivity index (χ1n) is 17.3. The van der Waals surface area contributed by atoms with Crippen LogP contribution in [0.5, 0.6) is 0 Å². The van der Waals surface area contributed by atoms with E-state index in [0.717, 1.165) is 59.6 Å². The number of carbonyl (C=O) groups excluding carboxylic acids is 2. The number of imidazole rings is 2. The first-order chi connectivity index (χ1) is 22.9. The number of aromatic amines is 2. The second kappa shape index (κ2) is 14.1. The number of H-pyrrole nitrogens is 2. The molecule has 2 aromatic heterocycles. The van der Waals surface area contributed by atoms with E-state index >= 15 is 0 Å². The van der Waals surface area contributed by atoms with Crippen LogP contribution in [0.15, 0.2) is 48.5 Å². The molecule has 2 aromatic carbocycles. The third kappa shape index (κ3) is 6.92. The van der Waals surface area contributed by atoms with E-state index in [1.54, 1.807) is 0 Å². The van der Waals surface area contributed by atoms with Gasteiger partial charge >= 0.3 is 0 Å². The van der Waals surface area contributed by atoms with Crippen LogP contribution < -0.4 is 0 Å². The maximum Gasteiger partial charge on any atom is 0.223 e. The fourth-order valence-electron chi connectivity index (χ4n) is 7.33. The molecule has 2 N–H and O–H groups in total. The van der Waals surface area contributed by atoms with Crippen molar-refractivity contribution in [3.8, 4) is 33.6 Å². The predicted octanol–water partition coefficient (Wildman–Crippen LogP) is 9.64. The van der Waals surface area contributed by atoms with Gasteiger partial charge in [0.05, 0.1) is 12.1 Å². The Bertz CT molecular complexity index is 1630. The topological polar surface area (TPSA) is 98.0 Å². The lowest BCUT2D eigenvalue weighted by Crippen LogP contribution is -2.36. The van der Waals surface area contributed by atoms with Gasteiger partial charge in [0.1, 0.15) is 33.3 Å². The third-order valence-electron chi connectivity index (χ3n) is 9.72. The fraction of sp³-hybridized carbons (Fsp3) is 0.474. The number of benzene rings is 2. The van der Waals surface area contributed by atoms with Crippen molar-refractivity contribution >= 4 is 35.0 Å². The van der Waals surface area contributed by atoms with Crippen molar-refractivity contribution in [2.24, 2.45) is 11.8 Å². The standard InChI is InChI=1S/C38H46Cl2N6O2/c1-21(2)19-31(47)45-23(5)7-17-29(45)37-41-33(35(39)43-37)27-13-9-25(10-14-27)26-11-15-28(16-12-26)34-36(40)44-38(42-34)30-18-8-24(6)46(30)32(48)20-22(3)4/h9-16,21-24,29-30H,7-8,17-20H2,1-6H3,(H,41,43)(H,42,44)/t23-,24-,29-,30-/m0/s1. The number of hydrogen-bond donors (Lipinski definition) is 2. The van der Waals surface area contributed by atoms with E-state index in [1.807, 2.05) is 34.1 Å². The smallest absolute Gasteiger partial charge is 0.223 e. The molecular formula is C38H46Cl2N6O2. The molecule has 48 heavy (non-hydrogen) atoms. The summed E-state index contributed by atoms with van der Waals surface area (Å²) in [6.45, 7) is 12.5. The number of halogens is 2. The van der Waals surface area contributed by atoms with E-state index in [-0.39, 0.29) is 36.0 Å². The molecule has 2 fully saturated rings. The van der Waals surface area contributed by atoms with E-state index in [9.17, 15) is 9.59 Å². The second-order valence-corrected chi connectivity index (χ2v) is 15.2. The highest BCUT2D eigenvalue weighted by molar-refractivity contribution is 6.32. The van der Waals surface area contributed by atoms with E-state index in [4.69, 9.17) is 33.2 Å². The van der Waals surface area contributed by atoms with Gasteiger partial charge in [0.25, 0.3) is 0 Å². The summed E-state index contributed by atoms with van der Waals surface area (Å²) in [5.74, 6) is 2.43. The SMILES string of the molecule is CC(C)CC(=O)N1[C@@H](C)CC[C@H]1c1nc(-c2ccc(-c3ccc(-c4nc([C@@H]5CC[C@H](C)N5C(=O)CC(C)C)[nH]c4Cl)cc3)cc2)c(Cl)[nH]1. The molecule has 0 spiro atoms. The molecule has 0 radical (unpaired) electrons. The van der Waals surface area contributed by atoms with Gasteiger partial charge < -0.3 is 19.8 Å². The predicted molar refractivity (Wildman–Crippen MR) is 193 cm³/mol. The van der Waals surface area contributed by atoms with Gasteiger partial charge in [-0.3, -0.25) is 9.59 Å². The molecule has 0 aliphatic carbocycles. The normalized spacial score (nSPS) is 21.2. The third-order valence-corrected chi connectivity index (χ3v) is 10.3. The molecule has 2 saturated heterocycles. The van der Waals surface area contributed by atoms with Crippen LogP contribution in [0.1, 0.15) is 104 Å². The minimum absolute atomic E-state index is 0.0950. The molecule has 4 heterocycles. The van der Waals surface area contributed by atoms with Crippen molar-refractivity contribution in [2.45, 2.75) is 104 Å². The maximum atomic E-state index is 13.1. The number of nitrogens with one attached hydrogen (secondary N) is 2. The molecule has 2 aliphatic heterocycles. The zero-order chi connectivity index (χ0) is 34.3. The molecule has 0 unspecified atom stereocenters. The van der Waals surface area contributed by atoms with Crippen LogP contribution in [0.2, 0.25) is 10.3 Å². The summed E-state index contributed by atoms with van der Waals surface area (Å²) in [5.41, 5.74) is 5.31. The summed E-state index contributed by atoms with van der Waals surface area (Å²) in [6.07, 6.45) is 4.68.